The first-order chi connectivity index (χ1) is 10.3. The highest BCUT2D eigenvalue weighted by atomic mass is 35.5. The number of alkyl halides is 1. The Morgan fingerprint density at radius 2 is 1.43 bits per heavy atom. The van der Waals surface area contributed by atoms with Gasteiger partial charge in [0.15, 0.2) is 0 Å². The van der Waals surface area contributed by atoms with Crippen molar-refractivity contribution in [2.24, 2.45) is 5.92 Å². The Labute approximate surface area is 137 Å². The first-order valence-electron chi connectivity index (χ1n) is 8.29. The van der Waals surface area contributed by atoms with Crippen molar-refractivity contribution in [3.63, 3.8) is 0 Å². The summed E-state index contributed by atoms with van der Waals surface area (Å²) in [6, 6.07) is 0. The lowest BCUT2D eigenvalue weighted by Gasteiger charge is -1.94. The predicted octanol–water partition coefficient (Wildman–Crippen LogP) is 5.79. The minimum atomic E-state index is 0.162. The van der Waals surface area contributed by atoms with E-state index in [0.29, 0.717) is 6.42 Å². The van der Waals surface area contributed by atoms with E-state index in [4.69, 9.17) is 11.6 Å². The topological polar surface area (TPSA) is 0 Å². The highest BCUT2D eigenvalue weighted by Crippen LogP contribution is 2.03. The zero-order valence-corrected chi connectivity index (χ0v) is 14.5. The maximum absolute atomic E-state index is 5.63. The Hall–Kier alpha value is -1.03. The molecule has 1 atom stereocenters. The molecule has 0 aliphatic heterocycles. The van der Waals surface area contributed by atoms with Gasteiger partial charge in [-0.2, -0.15) is 0 Å². The molecule has 0 aliphatic rings. The lowest BCUT2D eigenvalue weighted by molar-refractivity contribution is 0.682. The van der Waals surface area contributed by atoms with E-state index < -0.39 is 0 Å². The van der Waals surface area contributed by atoms with Crippen molar-refractivity contribution in [3.8, 4) is 35.5 Å². The molecule has 0 rings (SSSR count). The molecule has 0 aromatic carbocycles. The average molecular weight is 305 g/mol. The zero-order valence-electron chi connectivity index (χ0n) is 13.7. The molecule has 21 heavy (non-hydrogen) atoms. The molecule has 116 valence electrons. The van der Waals surface area contributed by atoms with Gasteiger partial charge in [-0.05, 0) is 26.2 Å². The van der Waals surface area contributed by atoms with Gasteiger partial charge in [0.1, 0.15) is 0 Å². The molecule has 0 bridgehead atoms. The third-order valence-corrected chi connectivity index (χ3v) is 3.30. The second kappa shape index (κ2) is 17.0. The van der Waals surface area contributed by atoms with Crippen LogP contribution in [0.25, 0.3) is 0 Å². The van der Waals surface area contributed by atoms with Crippen LogP contribution in [-0.2, 0) is 0 Å². The van der Waals surface area contributed by atoms with Crippen molar-refractivity contribution in [3.05, 3.63) is 0 Å². The summed E-state index contributed by atoms with van der Waals surface area (Å²) in [6.45, 7) is 4.27. The molecule has 0 radical (unpaired) electrons. The van der Waals surface area contributed by atoms with Gasteiger partial charge < -0.3 is 0 Å². The molecule has 0 aromatic rings. The van der Waals surface area contributed by atoms with Crippen LogP contribution in [0, 0.1) is 41.4 Å². The van der Waals surface area contributed by atoms with E-state index in [1.165, 1.54) is 38.5 Å². The molecule has 1 unspecified atom stereocenters. The summed E-state index contributed by atoms with van der Waals surface area (Å²) >= 11 is 5.63. The summed E-state index contributed by atoms with van der Waals surface area (Å²) in [5.41, 5.74) is 0. The Morgan fingerprint density at radius 1 is 0.762 bits per heavy atom. The van der Waals surface area contributed by atoms with Gasteiger partial charge >= 0.3 is 0 Å². The van der Waals surface area contributed by atoms with Gasteiger partial charge in [0.05, 0.1) is 12.3 Å². The maximum atomic E-state index is 5.63. The molecular formula is C20H29Cl. The predicted molar refractivity (Wildman–Crippen MR) is 95.1 cm³/mol. The summed E-state index contributed by atoms with van der Waals surface area (Å²) in [4.78, 5) is 0. The van der Waals surface area contributed by atoms with Gasteiger partial charge in [0.2, 0.25) is 0 Å². The molecule has 0 aromatic heterocycles. The van der Waals surface area contributed by atoms with E-state index in [9.17, 15) is 0 Å². The van der Waals surface area contributed by atoms with E-state index in [1.54, 1.807) is 0 Å². The van der Waals surface area contributed by atoms with E-state index >= 15 is 0 Å². The van der Waals surface area contributed by atoms with Crippen molar-refractivity contribution >= 4 is 11.6 Å². The van der Waals surface area contributed by atoms with E-state index in [2.05, 4.69) is 49.4 Å². The first-order valence-corrected chi connectivity index (χ1v) is 8.83. The van der Waals surface area contributed by atoms with E-state index in [-0.39, 0.29) is 5.92 Å². The number of hydrogen-bond donors (Lipinski definition) is 0. The van der Waals surface area contributed by atoms with Crippen LogP contribution >= 0.6 is 11.6 Å². The normalized spacial score (nSPS) is 10.4. The number of rotatable bonds is 8. The van der Waals surface area contributed by atoms with E-state index in [0.717, 1.165) is 25.1 Å². The molecule has 0 fully saturated rings. The van der Waals surface area contributed by atoms with E-state index in [1.807, 2.05) is 0 Å². The SMILES string of the molecule is CCCCCC#CCC#CC(C)C#CCCCCCCCl. The standard InChI is InChI=1S/C20H29Cl/c1-3-4-5-6-7-8-11-14-17-20(2)18-15-12-9-10-13-16-19-21/h20H,3-6,9-13,16,19H2,1-2H3. The van der Waals surface area contributed by atoms with Gasteiger partial charge in [-0.25, -0.2) is 0 Å². The van der Waals surface area contributed by atoms with Crippen LogP contribution in [0.1, 0.15) is 78.1 Å². The lowest BCUT2D eigenvalue weighted by Crippen LogP contribution is -1.84. The quantitative estimate of drug-likeness (QED) is 0.302. The van der Waals surface area contributed by atoms with Crippen LogP contribution in [0.4, 0.5) is 0 Å². The molecule has 0 aliphatic carbocycles. The second-order valence-electron chi connectivity index (χ2n) is 5.20. The highest BCUT2D eigenvalue weighted by molar-refractivity contribution is 6.17. The van der Waals surface area contributed by atoms with Crippen LogP contribution < -0.4 is 0 Å². The summed E-state index contributed by atoms with van der Waals surface area (Å²) in [5.74, 6) is 19.9. The van der Waals surface area contributed by atoms with Crippen molar-refractivity contribution in [1.29, 1.82) is 0 Å². The Bertz CT molecular complexity index is 402. The summed E-state index contributed by atoms with van der Waals surface area (Å²) in [7, 11) is 0. The molecule has 0 spiro atoms. The van der Waals surface area contributed by atoms with Crippen molar-refractivity contribution in [1.82, 2.24) is 0 Å². The Balaban J connectivity index is 3.65. The molecule has 0 saturated carbocycles. The number of halogens is 1. The fourth-order valence-electron chi connectivity index (χ4n) is 1.79. The number of hydrogen-bond acceptors (Lipinski definition) is 0. The maximum Gasteiger partial charge on any atom is 0.0783 e. The molecule has 0 saturated heterocycles. The molecule has 1 heteroatoms. The monoisotopic (exact) mass is 304 g/mol. The summed E-state index contributed by atoms with van der Waals surface area (Å²) in [5, 5.41) is 0. The van der Waals surface area contributed by atoms with Gasteiger partial charge in [0.25, 0.3) is 0 Å². The third kappa shape index (κ3) is 16.9. The van der Waals surface area contributed by atoms with Gasteiger partial charge in [-0.15, -0.1) is 23.4 Å². The number of unbranched alkanes of at least 4 members (excludes halogenated alkanes) is 7. The smallest absolute Gasteiger partial charge is 0.0783 e. The minimum Gasteiger partial charge on any atom is -0.127 e. The molecule has 0 heterocycles. The molecule has 0 N–H and O–H groups in total. The van der Waals surface area contributed by atoms with Crippen LogP contribution in [0.2, 0.25) is 0 Å². The fraction of sp³-hybridized carbons (Fsp3) is 0.700. The van der Waals surface area contributed by atoms with Crippen molar-refractivity contribution in [2.45, 2.75) is 78.1 Å². The van der Waals surface area contributed by atoms with Gasteiger partial charge in [0, 0.05) is 18.7 Å². The average Bonchev–Trinajstić information content (AvgIpc) is 2.49. The van der Waals surface area contributed by atoms with Crippen LogP contribution in [0.3, 0.4) is 0 Å². The highest BCUT2D eigenvalue weighted by Gasteiger charge is 1.89. The second-order valence-corrected chi connectivity index (χ2v) is 5.58. The van der Waals surface area contributed by atoms with Crippen LogP contribution in [0.15, 0.2) is 0 Å². The van der Waals surface area contributed by atoms with Crippen molar-refractivity contribution < 1.29 is 0 Å². The Kier molecular flexibility index (Phi) is 16.2. The van der Waals surface area contributed by atoms with Crippen LogP contribution in [0.5, 0.6) is 0 Å². The summed E-state index contributed by atoms with van der Waals surface area (Å²) < 4.78 is 0. The first kappa shape index (κ1) is 20.0. The molecule has 0 nitrogen and oxygen atoms in total. The van der Waals surface area contributed by atoms with Crippen molar-refractivity contribution in [2.75, 3.05) is 5.88 Å². The molecular weight excluding hydrogens is 276 g/mol. The van der Waals surface area contributed by atoms with Gasteiger partial charge in [-0.3, -0.25) is 0 Å². The fourth-order valence-corrected chi connectivity index (χ4v) is 1.97. The largest absolute Gasteiger partial charge is 0.127 e. The minimum absolute atomic E-state index is 0.162. The Morgan fingerprint density at radius 3 is 2.19 bits per heavy atom. The van der Waals surface area contributed by atoms with Gasteiger partial charge in [-0.1, -0.05) is 56.3 Å². The third-order valence-electron chi connectivity index (χ3n) is 3.03. The lowest BCUT2D eigenvalue weighted by atomic mass is 10.1. The molecule has 0 amide bonds. The van der Waals surface area contributed by atoms with Crippen LogP contribution in [-0.4, -0.2) is 5.88 Å². The zero-order chi connectivity index (χ0) is 15.6. The summed E-state index contributed by atoms with van der Waals surface area (Å²) in [6.07, 6.45) is 11.2.